The molecular formula is C13H13Br2ClN2O2. The summed E-state index contributed by atoms with van der Waals surface area (Å²) in [7, 11) is 1.63. The molecule has 1 N–H and O–H groups in total. The lowest BCUT2D eigenvalue weighted by molar-refractivity contribution is 0.171. The van der Waals surface area contributed by atoms with Crippen LogP contribution in [0.25, 0.3) is 0 Å². The molecule has 108 valence electrons. The fraction of sp³-hybridized carbons (Fsp3) is 0.308. The Hall–Kier alpha value is -0.400. The SMILES string of the molecule is COCCn1ncc(Br)c1C(O)c1ccc(Br)c(Cl)c1. The predicted molar refractivity (Wildman–Crippen MR) is 85.0 cm³/mol. The van der Waals surface area contributed by atoms with Crippen LogP contribution in [0.15, 0.2) is 33.3 Å². The molecule has 4 nitrogen and oxygen atoms in total. The first kappa shape index (κ1) is 16.0. The Balaban J connectivity index is 2.34. The number of aliphatic hydroxyl groups is 1. The minimum atomic E-state index is -0.811. The molecule has 20 heavy (non-hydrogen) atoms. The fourth-order valence-corrected chi connectivity index (χ4v) is 2.79. The molecule has 1 atom stereocenters. The molecule has 2 aromatic rings. The normalized spacial score (nSPS) is 12.7. The molecule has 1 aromatic carbocycles. The molecule has 0 saturated heterocycles. The van der Waals surface area contributed by atoms with E-state index >= 15 is 0 Å². The second-order valence-corrected chi connectivity index (χ2v) is 6.29. The molecule has 1 heterocycles. The molecule has 0 fully saturated rings. The molecule has 0 spiro atoms. The maximum atomic E-state index is 10.6. The number of hydrogen-bond donors (Lipinski definition) is 1. The van der Waals surface area contributed by atoms with Crippen molar-refractivity contribution >= 4 is 43.5 Å². The first-order chi connectivity index (χ1) is 9.54. The van der Waals surface area contributed by atoms with Crippen molar-refractivity contribution in [3.05, 3.63) is 49.6 Å². The van der Waals surface area contributed by atoms with Gasteiger partial charge in [-0.3, -0.25) is 4.68 Å². The molecule has 0 radical (unpaired) electrons. The van der Waals surface area contributed by atoms with Gasteiger partial charge in [0.1, 0.15) is 6.10 Å². The molecule has 1 aromatic heterocycles. The van der Waals surface area contributed by atoms with E-state index in [0.717, 1.165) is 8.95 Å². The van der Waals surface area contributed by atoms with E-state index in [-0.39, 0.29) is 0 Å². The number of methoxy groups -OCH3 is 1. The van der Waals surface area contributed by atoms with Gasteiger partial charge in [-0.15, -0.1) is 0 Å². The average molecular weight is 425 g/mol. The van der Waals surface area contributed by atoms with Crippen LogP contribution in [-0.4, -0.2) is 28.6 Å². The maximum absolute atomic E-state index is 10.6. The van der Waals surface area contributed by atoms with E-state index in [1.807, 2.05) is 12.1 Å². The molecule has 0 aliphatic heterocycles. The van der Waals surface area contributed by atoms with Crippen molar-refractivity contribution in [3.63, 3.8) is 0 Å². The van der Waals surface area contributed by atoms with Crippen LogP contribution in [0.5, 0.6) is 0 Å². The molecular weight excluding hydrogens is 411 g/mol. The number of nitrogens with zero attached hydrogens (tertiary/aromatic N) is 2. The number of benzene rings is 1. The summed E-state index contributed by atoms with van der Waals surface area (Å²) in [5.74, 6) is 0. The predicted octanol–water partition coefficient (Wildman–Crippen LogP) is 3.79. The Morgan fingerprint density at radius 3 is 2.80 bits per heavy atom. The van der Waals surface area contributed by atoms with E-state index < -0.39 is 6.10 Å². The standard InChI is InChI=1S/C13H13Br2ClN2O2/c1-20-5-4-18-12(10(15)7-17-18)13(19)8-2-3-9(14)11(16)6-8/h2-3,6-7,13,19H,4-5H2,1H3. The van der Waals surface area contributed by atoms with Gasteiger partial charge in [0.2, 0.25) is 0 Å². The Kier molecular flexibility index (Phi) is 5.63. The largest absolute Gasteiger partial charge is 0.383 e. The summed E-state index contributed by atoms with van der Waals surface area (Å²) in [5, 5.41) is 15.3. The van der Waals surface area contributed by atoms with Gasteiger partial charge in [0.05, 0.1) is 34.5 Å². The molecule has 2 rings (SSSR count). The first-order valence-electron chi connectivity index (χ1n) is 5.87. The van der Waals surface area contributed by atoms with Gasteiger partial charge >= 0.3 is 0 Å². The highest BCUT2D eigenvalue weighted by Crippen LogP contribution is 2.32. The van der Waals surface area contributed by atoms with E-state index in [9.17, 15) is 5.11 Å². The van der Waals surface area contributed by atoms with Crippen LogP contribution in [0.4, 0.5) is 0 Å². The van der Waals surface area contributed by atoms with Crippen LogP contribution in [-0.2, 0) is 11.3 Å². The van der Waals surface area contributed by atoms with Crippen molar-refractivity contribution in [2.24, 2.45) is 0 Å². The summed E-state index contributed by atoms with van der Waals surface area (Å²) in [6.45, 7) is 1.09. The van der Waals surface area contributed by atoms with E-state index in [4.69, 9.17) is 16.3 Å². The van der Waals surface area contributed by atoms with Crippen molar-refractivity contribution in [2.45, 2.75) is 12.6 Å². The number of aromatic nitrogens is 2. The summed E-state index contributed by atoms with van der Waals surface area (Å²) in [4.78, 5) is 0. The summed E-state index contributed by atoms with van der Waals surface area (Å²) >= 11 is 12.8. The third-order valence-electron chi connectivity index (χ3n) is 2.86. The molecule has 0 bridgehead atoms. The van der Waals surface area contributed by atoms with Gasteiger partial charge in [0.25, 0.3) is 0 Å². The van der Waals surface area contributed by atoms with Gasteiger partial charge in [0, 0.05) is 11.6 Å². The Labute approximate surface area is 139 Å². The van der Waals surface area contributed by atoms with Gasteiger partial charge in [-0.1, -0.05) is 17.7 Å². The zero-order chi connectivity index (χ0) is 14.7. The van der Waals surface area contributed by atoms with Gasteiger partial charge < -0.3 is 9.84 Å². The number of halogens is 3. The van der Waals surface area contributed by atoms with Gasteiger partial charge in [-0.25, -0.2) is 0 Å². The quantitative estimate of drug-likeness (QED) is 0.795. The molecule has 0 saturated carbocycles. The van der Waals surface area contributed by atoms with E-state index in [0.29, 0.717) is 29.4 Å². The summed E-state index contributed by atoms with van der Waals surface area (Å²) in [6, 6.07) is 5.36. The molecule has 1 unspecified atom stereocenters. The van der Waals surface area contributed by atoms with E-state index in [1.54, 1.807) is 24.1 Å². The Morgan fingerprint density at radius 1 is 1.40 bits per heavy atom. The van der Waals surface area contributed by atoms with Crippen LogP contribution in [0.3, 0.4) is 0 Å². The topological polar surface area (TPSA) is 47.3 Å². The Morgan fingerprint density at radius 2 is 2.15 bits per heavy atom. The van der Waals surface area contributed by atoms with Crippen LogP contribution in [0.1, 0.15) is 17.4 Å². The van der Waals surface area contributed by atoms with Gasteiger partial charge in [-0.05, 0) is 49.6 Å². The maximum Gasteiger partial charge on any atom is 0.122 e. The monoisotopic (exact) mass is 422 g/mol. The zero-order valence-electron chi connectivity index (χ0n) is 10.7. The minimum Gasteiger partial charge on any atom is -0.383 e. The molecule has 0 aliphatic carbocycles. The van der Waals surface area contributed by atoms with Crippen molar-refractivity contribution in [1.82, 2.24) is 9.78 Å². The van der Waals surface area contributed by atoms with Crippen molar-refractivity contribution < 1.29 is 9.84 Å². The summed E-state index contributed by atoms with van der Waals surface area (Å²) < 4.78 is 8.31. The van der Waals surface area contributed by atoms with Gasteiger partial charge in [-0.2, -0.15) is 5.10 Å². The van der Waals surface area contributed by atoms with Crippen molar-refractivity contribution in [3.8, 4) is 0 Å². The average Bonchev–Trinajstić information content (AvgIpc) is 2.80. The first-order valence-corrected chi connectivity index (χ1v) is 7.84. The fourth-order valence-electron chi connectivity index (χ4n) is 1.84. The number of ether oxygens (including phenoxy) is 1. The Bertz CT molecular complexity index is 604. The zero-order valence-corrected chi connectivity index (χ0v) is 14.6. The number of hydrogen-bond acceptors (Lipinski definition) is 3. The molecule has 0 aliphatic rings. The number of aliphatic hydroxyl groups excluding tert-OH is 1. The van der Waals surface area contributed by atoms with E-state index in [2.05, 4.69) is 37.0 Å². The smallest absolute Gasteiger partial charge is 0.122 e. The third-order valence-corrected chi connectivity index (χ3v) is 4.70. The molecule has 7 heteroatoms. The highest BCUT2D eigenvalue weighted by molar-refractivity contribution is 9.10. The van der Waals surface area contributed by atoms with Crippen LogP contribution < -0.4 is 0 Å². The lowest BCUT2D eigenvalue weighted by atomic mass is 10.1. The second kappa shape index (κ2) is 7.04. The van der Waals surface area contributed by atoms with Crippen molar-refractivity contribution in [2.75, 3.05) is 13.7 Å². The van der Waals surface area contributed by atoms with Crippen LogP contribution in [0, 0.1) is 0 Å². The van der Waals surface area contributed by atoms with Crippen LogP contribution >= 0.6 is 43.5 Å². The number of rotatable bonds is 5. The summed E-state index contributed by atoms with van der Waals surface area (Å²) in [5.41, 5.74) is 1.39. The molecule has 0 amide bonds. The van der Waals surface area contributed by atoms with Crippen LogP contribution in [0.2, 0.25) is 5.02 Å². The highest BCUT2D eigenvalue weighted by Gasteiger charge is 2.20. The second-order valence-electron chi connectivity index (χ2n) is 4.17. The lowest BCUT2D eigenvalue weighted by Gasteiger charge is -2.15. The minimum absolute atomic E-state index is 0.523. The van der Waals surface area contributed by atoms with Gasteiger partial charge in [0.15, 0.2) is 0 Å². The van der Waals surface area contributed by atoms with Crippen molar-refractivity contribution in [1.29, 1.82) is 0 Å². The highest BCUT2D eigenvalue weighted by atomic mass is 79.9. The lowest BCUT2D eigenvalue weighted by Crippen LogP contribution is -2.13. The third kappa shape index (κ3) is 3.43. The summed E-state index contributed by atoms with van der Waals surface area (Å²) in [6.07, 6.45) is 0.851. The van der Waals surface area contributed by atoms with E-state index in [1.165, 1.54) is 0 Å².